The summed E-state index contributed by atoms with van der Waals surface area (Å²) in [5.74, 6) is 0.204. The predicted molar refractivity (Wildman–Crippen MR) is 89.6 cm³/mol. The monoisotopic (exact) mass is 321 g/mol. The van der Waals surface area contributed by atoms with Gasteiger partial charge in [-0.15, -0.1) is 0 Å². The second-order valence-corrected chi connectivity index (χ2v) is 5.88. The van der Waals surface area contributed by atoms with Crippen LogP contribution in [-0.4, -0.2) is 31.1 Å². The van der Waals surface area contributed by atoms with Gasteiger partial charge in [0.2, 0.25) is 0 Å². The Morgan fingerprint density at radius 3 is 2.48 bits per heavy atom. The molecule has 1 N–H and O–H groups in total. The Hall–Kier alpha value is -2.04. The van der Waals surface area contributed by atoms with E-state index >= 15 is 0 Å². The molecule has 0 spiro atoms. The molecule has 0 aliphatic carbocycles. The van der Waals surface area contributed by atoms with Crippen LogP contribution in [0.2, 0.25) is 0 Å². The maximum Gasteiger partial charge on any atom is 0.344 e. The van der Waals surface area contributed by atoms with E-state index in [0.717, 1.165) is 12.0 Å². The smallest absolute Gasteiger partial charge is 0.344 e. The minimum absolute atomic E-state index is 0.216. The molecule has 128 valence electrons. The van der Waals surface area contributed by atoms with Crippen molar-refractivity contribution in [2.45, 2.75) is 53.1 Å². The van der Waals surface area contributed by atoms with Crippen LogP contribution >= 0.6 is 0 Å². The third-order valence-corrected chi connectivity index (χ3v) is 3.45. The summed E-state index contributed by atoms with van der Waals surface area (Å²) in [5, 5.41) is 2.68. The summed E-state index contributed by atoms with van der Waals surface area (Å²) >= 11 is 0. The highest BCUT2D eigenvalue weighted by Crippen LogP contribution is 2.23. The number of carbonyl (C=O) groups is 2. The first kappa shape index (κ1) is 19.0. The van der Waals surface area contributed by atoms with Crippen LogP contribution in [0.5, 0.6) is 5.75 Å². The number of aryl methyl sites for hydroxylation is 1. The van der Waals surface area contributed by atoms with Crippen LogP contribution in [0.4, 0.5) is 0 Å². The van der Waals surface area contributed by atoms with E-state index in [0.29, 0.717) is 18.2 Å². The number of esters is 1. The van der Waals surface area contributed by atoms with Crippen LogP contribution in [-0.2, 0) is 14.3 Å². The van der Waals surface area contributed by atoms with Gasteiger partial charge in [0.1, 0.15) is 5.75 Å². The van der Waals surface area contributed by atoms with Crippen molar-refractivity contribution >= 4 is 11.9 Å². The molecule has 0 aromatic heterocycles. The Kier molecular flexibility index (Phi) is 7.59. The van der Waals surface area contributed by atoms with Crippen LogP contribution in [0.15, 0.2) is 18.2 Å². The number of carbonyl (C=O) groups excluding carboxylic acids is 2. The first-order valence-corrected chi connectivity index (χ1v) is 8.05. The number of amides is 1. The first-order valence-electron chi connectivity index (χ1n) is 8.05. The van der Waals surface area contributed by atoms with E-state index in [1.165, 1.54) is 5.56 Å². The zero-order valence-electron chi connectivity index (χ0n) is 14.6. The molecule has 0 bridgehead atoms. The fraction of sp³-hybridized carbons (Fsp3) is 0.556. The molecule has 0 aliphatic heterocycles. The molecule has 5 nitrogen and oxygen atoms in total. The summed E-state index contributed by atoms with van der Waals surface area (Å²) in [4.78, 5) is 23.4. The molecule has 0 saturated heterocycles. The molecule has 0 radical (unpaired) electrons. The molecule has 1 atom stereocenters. The second-order valence-electron chi connectivity index (χ2n) is 5.88. The van der Waals surface area contributed by atoms with Gasteiger partial charge in [0.25, 0.3) is 5.91 Å². The average molecular weight is 321 g/mol. The van der Waals surface area contributed by atoms with E-state index in [4.69, 9.17) is 9.47 Å². The normalized spacial score (nSPS) is 11.9. The number of hydrogen-bond donors (Lipinski definition) is 1. The van der Waals surface area contributed by atoms with Gasteiger partial charge >= 0.3 is 5.97 Å². The van der Waals surface area contributed by atoms with E-state index < -0.39 is 12.1 Å². The molecule has 0 fully saturated rings. The lowest BCUT2D eigenvalue weighted by Crippen LogP contribution is -2.37. The van der Waals surface area contributed by atoms with Gasteiger partial charge in [-0.2, -0.15) is 0 Å². The predicted octanol–water partition coefficient (Wildman–Crippen LogP) is 2.96. The third-order valence-electron chi connectivity index (χ3n) is 3.45. The number of benzene rings is 1. The molecule has 0 heterocycles. The maximum atomic E-state index is 11.7. The average Bonchev–Trinajstić information content (AvgIpc) is 2.50. The Bertz CT molecular complexity index is 540. The van der Waals surface area contributed by atoms with Gasteiger partial charge in [-0.3, -0.25) is 4.79 Å². The van der Waals surface area contributed by atoms with Crippen LogP contribution in [0.1, 0.15) is 51.2 Å². The Balaban J connectivity index is 2.47. The molecule has 1 rings (SSSR count). The second kappa shape index (κ2) is 9.18. The standard InChI is InChI=1S/C18H27NO4/c1-6-9-19-18(21)14(5)23-17(20)11-22-15-7-8-16(12(2)3)13(4)10-15/h7-8,10,12,14H,6,9,11H2,1-5H3,(H,19,21)/t14-/m0/s1. The summed E-state index contributed by atoms with van der Waals surface area (Å²) in [6.45, 7) is 10.1. The molecule has 1 aromatic rings. The third kappa shape index (κ3) is 6.30. The van der Waals surface area contributed by atoms with Gasteiger partial charge in [0.05, 0.1) is 0 Å². The van der Waals surface area contributed by atoms with E-state index in [9.17, 15) is 9.59 Å². The lowest BCUT2D eigenvalue weighted by atomic mass is 9.98. The molecular formula is C18H27NO4. The number of rotatable bonds is 8. The van der Waals surface area contributed by atoms with Crippen LogP contribution in [0, 0.1) is 6.92 Å². The van der Waals surface area contributed by atoms with E-state index in [2.05, 4.69) is 19.2 Å². The van der Waals surface area contributed by atoms with Crippen molar-refractivity contribution in [1.82, 2.24) is 5.32 Å². The molecule has 0 unspecified atom stereocenters. The Morgan fingerprint density at radius 1 is 1.22 bits per heavy atom. The van der Waals surface area contributed by atoms with Crippen molar-refractivity contribution in [3.8, 4) is 5.75 Å². The lowest BCUT2D eigenvalue weighted by molar-refractivity contribution is -0.156. The van der Waals surface area contributed by atoms with Crippen molar-refractivity contribution in [2.75, 3.05) is 13.2 Å². The van der Waals surface area contributed by atoms with Gasteiger partial charge in [-0.25, -0.2) is 4.79 Å². The molecular weight excluding hydrogens is 294 g/mol. The van der Waals surface area contributed by atoms with Crippen molar-refractivity contribution < 1.29 is 19.1 Å². The first-order chi connectivity index (χ1) is 10.8. The van der Waals surface area contributed by atoms with Crippen molar-refractivity contribution in [3.05, 3.63) is 29.3 Å². The number of ether oxygens (including phenoxy) is 2. The van der Waals surface area contributed by atoms with E-state index in [-0.39, 0.29) is 12.5 Å². The Morgan fingerprint density at radius 2 is 1.91 bits per heavy atom. The number of hydrogen-bond acceptors (Lipinski definition) is 4. The van der Waals surface area contributed by atoms with Gasteiger partial charge in [0.15, 0.2) is 12.7 Å². The molecule has 0 aliphatic rings. The fourth-order valence-corrected chi connectivity index (χ4v) is 2.20. The lowest BCUT2D eigenvalue weighted by Gasteiger charge is -2.14. The highest BCUT2D eigenvalue weighted by Gasteiger charge is 2.17. The highest BCUT2D eigenvalue weighted by atomic mass is 16.6. The van der Waals surface area contributed by atoms with Crippen molar-refractivity contribution in [3.63, 3.8) is 0 Å². The largest absolute Gasteiger partial charge is 0.482 e. The zero-order valence-corrected chi connectivity index (χ0v) is 14.6. The SMILES string of the molecule is CCCNC(=O)[C@H](C)OC(=O)COc1ccc(C(C)C)c(C)c1. The van der Waals surface area contributed by atoms with Crippen LogP contribution in [0.25, 0.3) is 0 Å². The molecule has 23 heavy (non-hydrogen) atoms. The van der Waals surface area contributed by atoms with E-state index in [1.807, 2.05) is 32.0 Å². The Labute approximate surface area is 138 Å². The summed E-state index contributed by atoms with van der Waals surface area (Å²) in [5.41, 5.74) is 2.37. The maximum absolute atomic E-state index is 11.7. The summed E-state index contributed by atoms with van der Waals surface area (Å²) < 4.78 is 10.5. The quantitative estimate of drug-likeness (QED) is 0.748. The topological polar surface area (TPSA) is 64.6 Å². The molecule has 0 saturated carbocycles. The van der Waals surface area contributed by atoms with Gasteiger partial charge in [-0.1, -0.05) is 26.8 Å². The van der Waals surface area contributed by atoms with Crippen LogP contribution in [0.3, 0.4) is 0 Å². The molecule has 1 aromatic carbocycles. The number of nitrogens with one attached hydrogen (secondary N) is 1. The van der Waals surface area contributed by atoms with Gasteiger partial charge in [0, 0.05) is 6.54 Å². The van der Waals surface area contributed by atoms with Gasteiger partial charge in [-0.05, 0) is 49.4 Å². The fourth-order valence-electron chi connectivity index (χ4n) is 2.20. The summed E-state index contributed by atoms with van der Waals surface area (Å²) in [7, 11) is 0. The minimum Gasteiger partial charge on any atom is -0.482 e. The van der Waals surface area contributed by atoms with Crippen molar-refractivity contribution in [2.24, 2.45) is 0 Å². The summed E-state index contributed by atoms with van der Waals surface area (Å²) in [6, 6.07) is 5.74. The highest BCUT2D eigenvalue weighted by molar-refractivity contribution is 5.83. The molecule has 1 amide bonds. The minimum atomic E-state index is -0.817. The molecule has 5 heteroatoms. The zero-order chi connectivity index (χ0) is 17.4. The van der Waals surface area contributed by atoms with Crippen LogP contribution < -0.4 is 10.1 Å². The summed E-state index contributed by atoms with van der Waals surface area (Å²) in [6.07, 6.45) is 0.0176. The van der Waals surface area contributed by atoms with E-state index in [1.54, 1.807) is 6.92 Å². The van der Waals surface area contributed by atoms with Gasteiger partial charge < -0.3 is 14.8 Å². The van der Waals surface area contributed by atoms with Crippen molar-refractivity contribution in [1.29, 1.82) is 0 Å².